The Morgan fingerprint density at radius 1 is 1.32 bits per heavy atom. The van der Waals surface area contributed by atoms with Crippen LogP contribution in [0.1, 0.15) is 30.9 Å². The average molecular weight is 282 g/mol. The highest BCUT2D eigenvalue weighted by Gasteiger charge is 2.34. The third kappa shape index (κ3) is 2.49. The molecule has 0 amide bonds. The second-order valence-corrected chi connectivity index (χ2v) is 7.24. The molecule has 5 heteroatoms. The molecule has 1 aliphatic rings. The van der Waals surface area contributed by atoms with E-state index < -0.39 is 10.0 Å². The summed E-state index contributed by atoms with van der Waals surface area (Å²) in [6.45, 7) is 6.97. The Morgan fingerprint density at radius 3 is 2.53 bits per heavy atom. The lowest BCUT2D eigenvalue weighted by atomic mass is 10.1. The molecule has 0 aliphatic carbocycles. The molecule has 1 heterocycles. The highest BCUT2D eigenvalue weighted by molar-refractivity contribution is 7.89. The maximum Gasteiger partial charge on any atom is 0.245 e. The Labute approximate surface area is 115 Å². The molecule has 1 saturated heterocycles. The van der Waals surface area contributed by atoms with Gasteiger partial charge in [-0.1, -0.05) is 25.5 Å². The van der Waals surface area contributed by atoms with Crippen LogP contribution in [-0.2, 0) is 10.0 Å². The lowest BCUT2D eigenvalue weighted by molar-refractivity contribution is 0.453. The van der Waals surface area contributed by atoms with Gasteiger partial charge in [-0.15, -0.1) is 0 Å². The van der Waals surface area contributed by atoms with E-state index >= 15 is 0 Å². The standard InChI is InChI=1S/C14H22N2O2S/c1-4-12-7-8-16(9-12)19(17,18)14-11(3)6-5-10(2)13(14)15/h5-6,12H,4,7-9,15H2,1-3H3. The third-order valence-corrected chi connectivity index (χ3v) is 6.10. The van der Waals surface area contributed by atoms with Gasteiger partial charge in [-0.2, -0.15) is 4.31 Å². The van der Waals surface area contributed by atoms with Crippen molar-refractivity contribution >= 4 is 15.7 Å². The van der Waals surface area contributed by atoms with Gasteiger partial charge in [0.2, 0.25) is 10.0 Å². The van der Waals surface area contributed by atoms with Gasteiger partial charge >= 0.3 is 0 Å². The highest BCUT2D eigenvalue weighted by atomic mass is 32.2. The van der Waals surface area contributed by atoms with Crippen LogP contribution in [-0.4, -0.2) is 25.8 Å². The van der Waals surface area contributed by atoms with Crippen molar-refractivity contribution in [2.24, 2.45) is 5.92 Å². The molecule has 1 aromatic rings. The van der Waals surface area contributed by atoms with Gasteiger partial charge in [0.25, 0.3) is 0 Å². The number of benzene rings is 1. The first kappa shape index (κ1) is 14.3. The summed E-state index contributed by atoms with van der Waals surface area (Å²) in [5.41, 5.74) is 7.93. The lowest BCUT2D eigenvalue weighted by Crippen LogP contribution is -2.30. The van der Waals surface area contributed by atoms with Crippen molar-refractivity contribution in [2.45, 2.75) is 38.5 Å². The molecule has 0 saturated carbocycles. The first-order chi connectivity index (χ1) is 8.87. The monoisotopic (exact) mass is 282 g/mol. The normalized spacial score (nSPS) is 20.9. The van der Waals surface area contributed by atoms with Crippen LogP contribution < -0.4 is 5.73 Å². The molecule has 19 heavy (non-hydrogen) atoms. The number of rotatable bonds is 3. The Morgan fingerprint density at radius 2 is 1.95 bits per heavy atom. The fourth-order valence-electron chi connectivity index (χ4n) is 2.63. The average Bonchev–Trinajstić information content (AvgIpc) is 2.83. The van der Waals surface area contributed by atoms with Crippen molar-refractivity contribution in [1.82, 2.24) is 4.31 Å². The van der Waals surface area contributed by atoms with Crippen LogP contribution >= 0.6 is 0 Å². The van der Waals surface area contributed by atoms with Gasteiger partial charge in [0.15, 0.2) is 0 Å². The van der Waals surface area contributed by atoms with Gasteiger partial charge in [-0.05, 0) is 37.3 Å². The van der Waals surface area contributed by atoms with Crippen molar-refractivity contribution < 1.29 is 8.42 Å². The smallest absolute Gasteiger partial charge is 0.245 e. The molecular weight excluding hydrogens is 260 g/mol. The molecule has 4 nitrogen and oxygen atoms in total. The predicted molar refractivity (Wildman–Crippen MR) is 77.5 cm³/mol. The summed E-state index contributed by atoms with van der Waals surface area (Å²) in [5, 5.41) is 0. The number of nitrogens with zero attached hydrogens (tertiary/aromatic N) is 1. The molecule has 1 aliphatic heterocycles. The molecule has 2 rings (SSSR count). The summed E-state index contributed by atoms with van der Waals surface area (Å²) in [6, 6.07) is 3.69. The van der Waals surface area contributed by atoms with Gasteiger partial charge in [0, 0.05) is 13.1 Å². The van der Waals surface area contributed by atoms with Gasteiger partial charge in [-0.25, -0.2) is 8.42 Å². The maximum absolute atomic E-state index is 12.7. The fourth-order valence-corrected chi connectivity index (χ4v) is 4.55. The van der Waals surface area contributed by atoms with Crippen LogP contribution in [0.5, 0.6) is 0 Å². The number of hydrogen-bond acceptors (Lipinski definition) is 3. The third-order valence-electron chi connectivity index (χ3n) is 4.03. The minimum Gasteiger partial charge on any atom is -0.397 e. The van der Waals surface area contributed by atoms with E-state index in [0.717, 1.165) is 24.0 Å². The number of aryl methyl sites for hydroxylation is 2. The number of anilines is 1. The Kier molecular flexibility index (Phi) is 3.87. The van der Waals surface area contributed by atoms with E-state index in [4.69, 9.17) is 5.73 Å². The molecule has 106 valence electrons. The topological polar surface area (TPSA) is 63.4 Å². The van der Waals surface area contributed by atoms with Crippen molar-refractivity contribution in [2.75, 3.05) is 18.8 Å². The molecule has 1 aromatic carbocycles. The molecule has 0 radical (unpaired) electrons. The quantitative estimate of drug-likeness (QED) is 0.865. The van der Waals surface area contributed by atoms with E-state index in [1.807, 2.05) is 19.1 Å². The molecule has 1 atom stereocenters. The Bertz CT molecular complexity index is 581. The van der Waals surface area contributed by atoms with E-state index in [9.17, 15) is 8.42 Å². The van der Waals surface area contributed by atoms with Gasteiger partial charge in [0.1, 0.15) is 4.90 Å². The molecule has 1 unspecified atom stereocenters. The summed E-state index contributed by atoms with van der Waals surface area (Å²) < 4.78 is 27.1. The van der Waals surface area contributed by atoms with Gasteiger partial charge < -0.3 is 5.73 Å². The largest absolute Gasteiger partial charge is 0.397 e. The van der Waals surface area contributed by atoms with Gasteiger partial charge in [0.05, 0.1) is 5.69 Å². The minimum atomic E-state index is -3.46. The number of nitrogen functional groups attached to an aromatic ring is 1. The van der Waals surface area contributed by atoms with Crippen LogP contribution in [0, 0.1) is 19.8 Å². The zero-order valence-electron chi connectivity index (χ0n) is 11.8. The van der Waals surface area contributed by atoms with Crippen molar-refractivity contribution in [3.63, 3.8) is 0 Å². The van der Waals surface area contributed by atoms with Crippen molar-refractivity contribution in [3.8, 4) is 0 Å². The van der Waals surface area contributed by atoms with Crippen LogP contribution in [0.2, 0.25) is 0 Å². The summed E-state index contributed by atoms with van der Waals surface area (Å²) in [6.07, 6.45) is 1.97. The zero-order chi connectivity index (χ0) is 14.2. The van der Waals surface area contributed by atoms with Crippen LogP contribution in [0.4, 0.5) is 5.69 Å². The van der Waals surface area contributed by atoms with Crippen LogP contribution in [0.25, 0.3) is 0 Å². The second kappa shape index (κ2) is 5.13. The first-order valence-electron chi connectivity index (χ1n) is 6.73. The van der Waals surface area contributed by atoms with E-state index in [0.29, 0.717) is 29.6 Å². The molecule has 0 spiro atoms. The molecule has 0 aromatic heterocycles. The summed E-state index contributed by atoms with van der Waals surface area (Å²) in [7, 11) is -3.46. The summed E-state index contributed by atoms with van der Waals surface area (Å²) >= 11 is 0. The molecule has 0 bridgehead atoms. The first-order valence-corrected chi connectivity index (χ1v) is 8.17. The van der Waals surface area contributed by atoms with Crippen LogP contribution in [0.3, 0.4) is 0 Å². The van der Waals surface area contributed by atoms with E-state index in [-0.39, 0.29) is 0 Å². The molecule has 1 fully saturated rings. The number of nitrogens with two attached hydrogens (primary N) is 1. The van der Waals surface area contributed by atoms with Gasteiger partial charge in [-0.3, -0.25) is 0 Å². The number of hydrogen-bond donors (Lipinski definition) is 1. The van der Waals surface area contributed by atoms with E-state index in [1.54, 1.807) is 11.2 Å². The molecular formula is C14H22N2O2S. The minimum absolute atomic E-state index is 0.296. The molecule has 2 N–H and O–H groups in total. The van der Waals surface area contributed by atoms with Crippen LogP contribution in [0.15, 0.2) is 17.0 Å². The summed E-state index contributed by atoms with van der Waals surface area (Å²) in [4.78, 5) is 0.296. The maximum atomic E-state index is 12.7. The Balaban J connectivity index is 2.44. The SMILES string of the molecule is CCC1CCN(S(=O)(=O)c2c(C)ccc(C)c2N)C1. The second-order valence-electron chi connectivity index (χ2n) is 5.37. The van der Waals surface area contributed by atoms with E-state index in [2.05, 4.69) is 6.92 Å². The fraction of sp³-hybridized carbons (Fsp3) is 0.571. The summed E-state index contributed by atoms with van der Waals surface area (Å²) in [5.74, 6) is 0.473. The van der Waals surface area contributed by atoms with E-state index in [1.165, 1.54) is 0 Å². The predicted octanol–water partition coefficient (Wildman–Crippen LogP) is 2.31. The van der Waals surface area contributed by atoms with Crippen molar-refractivity contribution in [1.29, 1.82) is 0 Å². The highest BCUT2D eigenvalue weighted by Crippen LogP contribution is 2.32. The number of sulfonamides is 1. The zero-order valence-corrected chi connectivity index (χ0v) is 12.6. The Hall–Kier alpha value is -1.07. The van der Waals surface area contributed by atoms with Crippen molar-refractivity contribution in [3.05, 3.63) is 23.3 Å². The lowest BCUT2D eigenvalue weighted by Gasteiger charge is -2.20.